The molecule has 21 heavy (non-hydrogen) atoms. The van der Waals surface area contributed by atoms with E-state index in [1.54, 1.807) is 7.11 Å². The maximum absolute atomic E-state index is 13.0. The summed E-state index contributed by atoms with van der Waals surface area (Å²) < 4.78 is 36.3. The van der Waals surface area contributed by atoms with Gasteiger partial charge in [-0.3, -0.25) is 0 Å². The highest BCUT2D eigenvalue weighted by Crippen LogP contribution is 2.08. The van der Waals surface area contributed by atoms with Crippen LogP contribution in [-0.4, -0.2) is 50.7 Å². The topological polar surface area (TPSA) is 50.7 Å². The molecule has 0 bridgehead atoms. The van der Waals surface area contributed by atoms with Crippen molar-refractivity contribution in [2.45, 2.75) is 25.6 Å². The number of nitrogens with one attached hydrogen (secondary N) is 1. The van der Waals surface area contributed by atoms with Crippen molar-refractivity contribution in [2.24, 2.45) is 0 Å². The molecule has 0 aliphatic heterocycles. The minimum atomic E-state index is -0.631. The third-order valence-corrected chi connectivity index (χ3v) is 2.87. The first kappa shape index (κ1) is 18.0. The van der Waals surface area contributed by atoms with Crippen LogP contribution in [0.2, 0.25) is 0 Å². The van der Waals surface area contributed by atoms with Crippen LogP contribution in [0.4, 0.5) is 8.78 Å². The van der Waals surface area contributed by atoms with Crippen molar-refractivity contribution < 1.29 is 23.4 Å². The van der Waals surface area contributed by atoms with Crippen LogP contribution in [-0.2, 0) is 15.9 Å². The van der Waals surface area contributed by atoms with Crippen LogP contribution in [0, 0.1) is 11.6 Å². The summed E-state index contributed by atoms with van der Waals surface area (Å²) in [4.78, 5) is 0. The van der Waals surface area contributed by atoms with E-state index in [-0.39, 0.29) is 12.7 Å². The second kappa shape index (κ2) is 9.78. The number of methoxy groups -OCH3 is 1. The van der Waals surface area contributed by atoms with Gasteiger partial charge in [-0.05, 0) is 37.6 Å². The molecular formula is C15H23F2NO3. The second-order valence-corrected chi connectivity index (χ2v) is 4.98. The number of aliphatic hydroxyl groups excluding tert-OH is 1. The Morgan fingerprint density at radius 1 is 1.19 bits per heavy atom. The Hall–Kier alpha value is -1.08. The molecule has 0 aliphatic rings. The summed E-state index contributed by atoms with van der Waals surface area (Å²) in [6.45, 7) is 3.44. The first-order chi connectivity index (χ1) is 10.0. The van der Waals surface area contributed by atoms with Crippen LogP contribution >= 0.6 is 0 Å². The fraction of sp³-hybridized carbons (Fsp3) is 0.600. The second-order valence-electron chi connectivity index (χ2n) is 4.98. The molecule has 0 aliphatic carbocycles. The molecule has 0 spiro atoms. The SMILES string of the molecule is COCC(C)OCC(O)CNCCc1cc(F)cc(F)c1. The molecule has 120 valence electrons. The Bertz CT molecular complexity index is 398. The molecule has 2 unspecified atom stereocenters. The highest BCUT2D eigenvalue weighted by Gasteiger charge is 2.08. The molecule has 0 saturated carbocycles. The molecule has 1 aromatic carbocycles. The third kappa shape index (κ3) is 8.06. The Balaban J connectivity index is 2.15. The van der Waals surface area contributed by atoms with Crippen LogP contribution in [0.3, 0.4) is 0 Å². The zero-order valence-corrected chi connectivity index (χ0v) is 12.4. The number of ether oxygens (including phenoxy) is 2. The lowest BCUT2D eigenvalue weighted by atomic mass is 10.1. The first-order valence-electron chi connectivity index (χ1n) is 6.95. The molecule has 2 N–H and O–H groups in total. The summed E-state index contributed by atoms with van der Waals surface area (Å²) in [6.07, 6.45) is -0.212. The van der Waals surface area contributed by atoms with Gasteiger partial charge in [0.05, 0.1) is 25.4 Å². The van der Waals surface area contributed by atoms with Crippen molar-refractivity contribution in [1.29, 1.82) is 0 Å². The average molecular weight is 303 g/mol. The molecule has 2 atom stereocenters. The van der Waals surface area contributed by atoms with Crippen molar-refractivity contribution in [3.8, 4) is 0 Å². The number of hydrogen-bond acceptors (Lipinski definition) is 4. The van der Waals surface area contributed by atoms with Crippen LogP contribution in [0.1, 0.15) is 12.5 Å². The van der Waals surface area contributed by atoms with E-state index in [0.29, 0.717) is 31.7 Å². The quantitative estimate of drug-likeness (QED) is 0.643. The molecule has 4 nitrogen and oxygen atoms in total. The first-order valence-corrected chi connectivity index (χ1v) is 6.95. The molecule has 0 saturated heterocycles. The Labute approximate surface area is 124 Å². The Morgan fingerprint density at radius 3 is 2.48 bits per heavy atom. The number of benzene rings is 1. The molecule has 1 aromatic rings. The van der Waals surface area contributed by atoms with Crippen molar-refractivity contribution in [1.82, 2.24) is 5.32 Å². The summed E-state index contributed by atoms with van der Waals surface area (Å²) in [5, 5.41) is 12.7. The van der Waals surface area contributed by atoms with Gasteiger partial charge in [-0.15, -0.1) is 0 Å². The normalized spacial score (nSPS) is 14.1. The fourth-order valence-corrected chi connectivity index (χ4v) is 1.87. The monoisotopic (exact) mass is 303 g/mol. The van der Waals surface area contributed by atoms with Crippen LogP contribution in [0.25, 0.3) is 0 Å². The summed E-state index contributed by atoms with van der Waals surface area (Å²) in [5.74, 6) is -1.16. The average Bonchev–Trinajstić information content (AvgIpc) is 2.41. The van der Waals surface area contributed by atoms with E-state index in [1.807, 2.05) is 6.92 Å². The summed E-state index contributed by atoms with van der Waals surface area (Å²) in [6, 6.07) is 3.45. The van der Waals surface area contributed by atoms with Crippen molar-refractivity contribution in [3.05, 3.63) is 35.4 Å². The van der Waals surface area contributed by atoms with Crippen molar-refractivity contribution in [3.63, 3.8) is 0 Å². The number of halogens is 2. The van der Waals surface area contributed by atoms with E-state index in [4.69, 9.17) is 9.47 Å². The zero-order valence-electron chi connectivity index (χ0n) is 12.4. The molecule has 0 heterocycles. The van der Waals surface area contributed by atoms with Gasteiger partial charge in [-0.1, -0.05) is 0 Å². The maximum Gasteiger partial charge on any atom is 0.126 e. The van der Waals surface area contributed by atoms with Crippen LogP contribution in [0.5, 0.6) is 0 Å². The Kier molecular flexibility index (Phi) is 8.37. The zero-order chi connectivity index (χ0) is 15.7. The van der Waals surface area contributed by atoms with Gasteiger partial charge in [0.15, 0.2) is 0 Å². The Morgan fingerprint density at radius 2 is 1.86 bits per heavy atom. The van der Waals surface area contributed by atoms with Gasteiger partial charge >= 0.3 is 0 Å². The van der Waals surface area contributed by atoms with Gasteiger partial charge in [0.2, 0.25) is 0 Å². The lowest BCUT2D eigenvalue weighted by Crippen LogP contribution is -2.33. The molecule has 6 heteroatoms. The van der Waals surface area contributed by atoms with Gasteiger partial charge in [0.25, 0.3) is 0 Å². The van der Waals surface area contributed by atoms with Crippen molar-refractivity contribution >= 4 is 0 Å². The predicted molar refractivity (Wildman–Crippen MR) is 76.2 cm³/mol. The summed E-state index contributed by atoms with van der Waals surface area (Å²) >= 11 is 0. The van der Waals surface area contributed by atoms with Crippen molar-refractivity contribution in [2.75, 3.05) is 33.4 Å². The van der Waals surface area contributed by atoms with Gasteiger partial charge in [-0.25, -0.2) is 8.78 Å². The molecule has 0 radical (unpaired) electrons. The molecular weight excluding hydrogens is 280 g/mol. The van der Waals surface area contributed by atoms with Gasteiger partial charge in [-0.2, -0.15) is 0 Å². The van der Waals surface area contributed by atoms with Gasteiger partial charge in [0.1, 0.15) is 11.6 Å². The molecule has 0 amide bonds. The molecule has 0 aromatic heterocycles. The number of rotatable bonds is 10. The largest absolute Gasteiger partial charge is 0.389 e. The predicted octanol–water partition coefficient (Wildman–Crippen LogP) is 1.51. The highest BCUT2D eigenvalue weighted by atomic mass is 19.1. The lowest BCUT2D eigenvalue weighted by molar-refractivity contribution is -0.0310. The molecule has 0 fully saturated rings. The highest BCUT2D eigenvalue weighted by molar-refractivity contribution is 5.18. The van der Waals surface area contributed by atoms with E-state index >= 15 is 0 Å². The lowest BCUT2D eigenvalue weighted by Gasteiger charge is -2.16. The van der Waals surface area contributed by atoms with E-state index < -0.39 is 17.7 Å². The smallest absolute Gasteiger partial charge is 0.126 e. The van der Waals surface area contributed by atoms with Gasteiger partial charge in [0, 0.05) is 19.7 Å². The van der Waals surface area contributed by atoms with Crippen LogP contribution in [0.15, 0.2) is 18.2 Å². The third-order valence-electron chi connectivity index (χ3n) is 2.87. The summed E-state index contributed by atoms with van der Waals surface area (Å²) in [5.41, 5.74) is 0.583. The maximum atomic E-state index is 13.0. The van der Waals surface area contributed by atoms with E-state index in [1.165, 1.54) is 12.1 Å². The van der Waals surface area contributed by atoms with Crippen LogP contribution < -0.4 is 5.32 Å². The standard InChI is InChI=1S/C15H23F2NO3/c1-11(9-20-2)21-10-15(19)8-18-4-3-12-5-13(16)7-14(17)6-12/h5-7,11,15,18-19H,3-4,8-10H2,1-2H3. The number of hydrogen-bond donors (Lipinski definition) is 2. The molecule has 1 rings (SSSR count). The van der Waals surface area contributed by atoms with E-state index in [0.717, 1.165) is 6.07 Å². The van der Waals surface area contributed by atoms with E-state index in [9.17, 15) is 13.9 Å². The fourth-order valence-electron chi connectivity index (χ4n) is 1.87. The van der Waals surface area contributed by atoms with E-state index in [2.05, 4.69) is 5.32 Å². The minimum absolute atomic E-state index is 0.0695. The van der Waals surface area contributed by atoms with Gasteiger partial charge < -0.3 is 19.9 Å². The minimum Gasteiger partial charge on any atom is -0.389 e. The number of aliphatic hydroxyl groups is 1. The summed E-state index contributed by atoms with van der Waals surface area (Å²) in [7, 11) is 1.59.